The molecule has 1 fully saturated rings. The number of piperidine rings is 1. The first-order chi connectivity index (χ1) is 6.69. The topological polar surface area (TPSA) is 29.3 Å². The first-order valence-electron chi connectivity index (χ1n) is 6.13. The Morgan fingerprint density at radius 3 is 2.64 bits per heavy atom. The van der Waals surface area contributed by atoms with Gasteiger partial charge in [0, 0.05) is 19.1 Å². The minimum atomic E-state index is 0.637. The minimum Gasteiger partial charge on any atom is -0.329 e. The molecule has 1 aliphatic rings. The standard InChI is InChI=1S/C12H26N2/c1-4-5-6-14-9-10(2)7-11(3)12(14)8-13/h10-12H,4-9,13H2,1-3H3. The van der Waals surface area contributed by atoms with Crippen molar-refractivity contribution in [2.45, 2.75) is 46.1 Å². The van der Waals surface area contributed by atoms with E-state index in [0.29, 0.717) is 6.04 Å². The number of nitrogens with zero attached hydrogens (tertiary/aromatic N) is 1. The Morgan fingerprint density at radius 1 is 1.36 bits per heavy atom. The molecule has 1 aliphatic heterocycles. The molecule has 14 heavy (non-hydrogen) atoms. The van der Waals surface area contributed by atoms with E-state index < -0.39 is 0 Å². The third kappa shape index (κ3) is 2.96. The fraction of sp³-hybridized carbons (Fsp3) is 1.00. The van der Waals surface area contributed by atoms with Crippen LogP contribution in [0, 0.1) is 11.8 Å². The van der Waals surface area contributed by atoms with E-state index >= 15 is 0 Å². The van der Waals surface area contributed by atoms with Crippen molar-refractivity contribution in [2.75, 3.05) is 19.6 Å². The molecule has 0 radical (unpaired) electrons. The SMILES string of the molecule is CCCCN1CC(C)CC(C)C1CN. The van der Waals surface area contributed by atoms with Gasteiger partial charge in [-0.15, -0.1) is 0 Å². The van der Waals surface area contributed by atoms with Crippen molar-refractivity contribution in [2.24, 2.45) is 17.6 Å². The number of hydrogen-bond acceptors (Lipinski definition) is 2. The highest BCUT2D eigenvalue weighted by Gasteiger charge is 2.30. The Kier molecular flexibility index (Phi) is 4.90. The van der Waals surface area contributed by atoms with Crippen LogP contribution in [0.4, 0.5) is 0 Å². The Hall–Kier alpha value is -0.0800. The monoisotopic (exact) mass is 198 g/mol. The molecule has 0 aliphatic carbocycles. The van der Waals surface area contributed by atoms with Crippen LogP contribution in [0.5, 0.6) is 0 Å². The van der Waals surface area contributed by atoms with Gasteiger partial charge in [0.05, 0.1) is 0 Å². The number of unbranched alkanes of at least 4 members (excludes halogenated alkanes) is 1. The van der Waals surface area contributed by atoms with Gasteiger partial charge in [0.1, 0.15) is 0 Å². The Balaban J connectivity index is 2.49. The van der Waals surface area contributed by atoms with Gasteiger partial charge in [-0.05, 0) is 31.2 Å². The summed E-state index contributed by atoms with van der Waals surface area (Å²) in [7, 11) is 0. The molecule has 0 amide bonds. The van der Waals surface area contributed by atoms with Crippen LogP contribution in [0.3, 0.4) is 0 Å². The van der Waals surface area contributed by atoms with Crippen LogP contribution in [0.1, 0.15) is 40.0 Å². The average molecular weight is 198 g/mol. The Morgan fingerprint density at radius 2 is 2.07 bits per heavy atom. The molecule has 1 saturated heterocycles. The van der Waals surface area contributed by atoms with Crippen LogP contribution in [-0.2, 0) is 0 Å². The molecule has 0 aromatic rings. The lowest BCUT2D eigenvalue weighted by Gasteiger charge is -2.42. The smallest absolute Gasteiger partial charge is 0.0244 e. The van der Waals surface area contributed by atoms with Crippen molar-refractivity contribution in [1.82, 2.24) is 4.90 Å². The van der Waals surface area contributed by atoms with Crippen LogP contribution in [0.2, 0.25) is 0 Å². The van der Waals surface area contributed by atoms with E-state index in [1.807, 2.05) is 0 Å². The second-order valence-corrected chi connectivity index (χ2v) is 4.97. The van der Waals surface area contributed by atoms with Crippen molar-refractivity contribution < 1.29 is 0 Å². The summed E-state index contributed by atoms with van der Waals surface area (Å²) in [5.74, 6) is 1.63. The van der Waals surface area contributed by atoms with E-state index in [-0.39, 0.29) is 0 Å². The lowest BCUT2D eigenvalue weighted by atomic mass is 9.85. The first-order valence-corrected chi connectivity index (χ1v) is 6.13. The van der Waals surface area contributed by atoms with Gasteiger partial charge in [-0.2, -0.15) is 0 Å². The molecule has 0 spiro atoms. The molecule has 1 rings (SSSR count). The summed E-state index contributed by atoms with van der Waals surface area (Å²) >= 11 is 0. The maximum absolute atomic E-state index is 5.86. The van der Waals surface area contributed by atoms with Gasteiger partial charge in [-0.3, -0.25) is 4.90 Å². The van der Waals surface area contributed by atoms with E-state index in [1.54, 1.807) is 0 Å². The van der Waals surface area contributed by atoms with Crippen molar-refractivity contribution in [3.63, 3.8) is 0 Å². The molecule has 0 saturated carbocycles. The normalized spacial score (nSPS) is 34.7. The molecule has 84 valence electrons. The van der Waals surface area contributed by atoms with E-state index in [1.165, 1.54) is 32.4 Å². The lowest BCUT2D eigenvalue weighted by Crippen LogP contribution is -2.51. The van der Waals surface area contributed by atoms with Gasteiger partial charge < -0.3 is 5.73 Å². The second kappa shape index (κ2) is 5.72. The van der Waals surface area contributed by atoms with Crippen molar-refractivity contribution in [3.8, 4) is 0 Å². The molecule has 3 atom stereocenters. The third-order valence-corrected chi connectivity index (χ3v) is 3.49. The molecule has 2 nitrogen and oxygen atoms in total. The molecule has 0 aromatic carbocycles. The summed E-state index contributed by atoms with van der Waals surface area (Å²) in [6.45, 7) is 10.3. The number of rotatable bonds is 4. The van der Waals surface area contributed by atoms with Crippen LogP contribution < -0.4 is 5.73 Å². The fourth-order valence-electron chi connectivity index (χ4n) is 2.76. The zero-order chi connectivity index (χ0) is 10.6. The number of nitrogens with two attached hydrogens (primary N) is 1. The van der Waals surface area contributed by atoms with E-state index in [2.05, 4.69) is 25.7 Å². The number of likely N-dealkylation sites (tertiary alicyclic amines) is 1. The van der Waals surface area contributed by atoms with Crippen molar-refractivity contribution >= 4 is 0 Å². The van der Waals surface area contributed by atoms with Crippen molar-refractivity contribution in [3.05, 3.63) is 0 Å². The summed E-state index contributed by atoms with van der Waals surface area (Å²) < 4.78 is 0. The van der Waals surface area contributed by atoms with Crippen LogP contribution in [0.15, 0.2) is 0 Å². The van der Waals surface area contributed by atoms with Gasteiger partial charge in [0.25, 0.3) is 0 Å². The van der Waals surface area contributed by atoms with Gasteiger partial charge in [0.2, 0.25) is 0 Å². The molecule has 2 heteroatoms. The quantitative estimate of drug-likeness (QED) is 0.749. The van der Waals surface area contributed by atoms with Gasteiger partial charge in [-0.1, -0.05) is 27.2 Å². The molecular formula is C12H26N2. The van der Waals surface area contributed by atoms with Crippen LogP contribution in [0.25, 0.3) is 0 Å². The molecule has 3 unspecified atom stereocenters. The summed E-state index contributed by atoms with van der Waals surface area (Å²) in [5, 5.41) is 0. The van der Waals surface area contributed by atoms with Gasteiger partial charge in [-0.25, -0.2) is 0 Å². The van der Waals surface area contributed by atoms with Crippen molar-refractivity contribution in [1.29, 1.82) is 0 Å². The lowest BCUT2D eigenvalue weighted by molar-refractivity contribution is 0.0724. The van der Waals surface area contributed by atoms with E-state index in [0.717, 1.165) is 18.4 Å². The largest absolute Gasteiger partial charge is 0.329 e. The highest BCUT2D eigenvalue weighted by Crippen LogP contribution is 2.26. The molecule has 2 N–H and O–H groups in total. The predicted octanol–water partition coefficient (Wildman–Crippen LogP) is 2.09. The molecule has 0 bridgehead atoms. The van der Waals surface area contributed by atoms with Crippen LogP contribution >= 0.6 is 0 Å². The van der Waals surface area contributed by atoms with Gasteiger partial charge in [0.15, 0.2) is 0 Å². The maximum Gasteiger partial charge on any atom is 0.0244 e. The van der Waals surface area contributed by atoms with Gasteiger partial charge >= 0.3 is 0 Å². The second-order valence-electron chi connectivity index (χ2n) is 4.97. The first kappa shape index (κ1) is 12.0. The average Bonchev–Trinajstić information content (AvgIpc) is 2.14. The highest BCUT2D eigenvalue weighted by molar-refractivity contribution is 4.85. The molecular weight excluding hydrogens is 172 g/mol. The highest BCUT2D eigenvalue weighted by atomic mass is 15.2. The molecule has 0 aromatic heterocycles. The third-order valence-electron chi connectivity index (χ3n) is 3.49. The zero-order valence-corrected chi connectivity index (χ0v) is 10.00. The summed E-state index contributed by atoms with van der Waals surface area (Å²) in [6, 6.07) is 0.637. The summed E-state index contributed by atoms with van der Waals surface area (Å²) in [4.78, 5) is 2.61. The molecule has 1 heterocycles. The maximum atomic E-state index is 5.86. The fourth-order valence-corrected chi connectivity index (χ4v) is 2.76. The minimum absolute atomic E-state index is 0.637. The summed E-state index contributed by atoms with van der Waals surface area (Å²) in [5.41, 5.74) is 5.86. The zero-order valence-electron chi connectivity index (χ0n) is 10.00. The Labute approximate surface area is 88.8 Å². The van der Waals surface area contributed by atoms with E-state index in [9.17, 15) is 0 Å². The van der Waals surface area contributed by atoms with Crippen LogP contribution in [-0.4, -0.2) is 30.6 Å². The number of hydrogen-bond donors (Lipinski definition) is 1. The summed E-state index contributed by atoms with van der Waals surface area (Å²) in [6.07, 6.45) is 3.96. The predicted molar refractivity (Wildman–Crippen MR) is 62.3 cm³/mol. The van der Waals surface area contributed by atoms with E-state index in [4.69, 9.17) is 5.73 Å². The Bertz CT molecular complexity index is 158.